The molecule has 1 aromatic heterocycles. The highest BCUT2D eigenvalue weighted by atomic mass is 16.5. The Morgan fingerprint density at radius 3 is 2.76 bits per heavy atom. The van der Waals surface area contributed by atoms with Crippen LogP contribution in [-0.2, 0) is 0 Å². The van der Waals surface area contributed by atoms with Crippen LogP contribution in [0, 0.1) is 0 Å². The molecule has 86 valence electrons. The van der Waals surface area contributed by atoms with Crippen molar-refractivity contribution in [1.82, 2.24) is 4.98 Å². The van der Waals surface area contributed by atoms with E-state index in [0.29, 0.717) is 5.56 Å². The van der Waals surface area contributed by atoms with Crippen molar-refractivity contribution in [3.63, 3.8) is 0 Å². The Labute approximate surface area is 99.1 Å². The quantitative estimate of drug-likeness (QED) is 0.871. The Bertz CT molecular complexity index is 553. The van der Waals surface area contributed by atoms with Gasteiger partial charge in [-0.1, -0.05) is 12.1 Å². The summed E-state index contributed by atoms with van der Waals surface area (Å²) in [7, 11) is 1.61. The number of nitrogens with zero attached hydrogens (tertiary/aromatic N) is 1. The van der Waals surface area contributed by atoms with Crippen LogP contribution in [0.5, 0.6) is 5.75 Å². The van der Waals surface area contributed by atoms with Gasteiger partial charge in [-0.2, -0.15) is 0 Å². The Morgan fingerprint density at radius 1 is 1.24 bits per heavy atom. The molecular weight excluding hydrogens is 216 g/mol. The zero-order valence-electron chi connectivity index (χ0n) is 9.38. The van der Waals surface area contributed by atoms with Gasteiger partial charge in [0.15, 0.2) is 0 Å². The topological polar surface area (TPSA) is 65.2 Å². The third-order valence-electron chi connectivity index (χ3n) is 2.43. The van der Waals surface area contributed by atoms with E-state index in [1.807, 2.05) is 24.3 Å². The van der Waals surface area contributed by atoms with Gasteiger partial charge < -0.3 is 10.5 Å². The predicted octanol–water partition coefficient (Wildman–Crippen LogP) is 1.86. The number of primary amides is 1. The van der Waals surface area contributed by atoms with Crippen LogP contribution in [0.2, 0.25) is 0 Å². The fourth-order valence-corrected chi connectivity index (χ4v) is 1.54. The molecule has 0 atom stereocenters. The van der Waals surface area contributed by atoms with Crippen LogP contribution in [0.1, 0.15) is 10.4 Å². The number of rotatable bonds is 3. The van der Waals surface area contributed by atoms with Crippen molar-refractivity contribution in [3.8, 4) is 16.9 Å². The van der Waals surface area contributed by atoms with Crippen molar-refractivity contribution in [1.29, 1.82) is 0 Å². The Kier molecular flexibility index (Phi) is 3.05. The number of aromatic nitrogens is 1. The Morgan fingerprint density at radius 2 is 2.06 bits per heavy atom. The summed E-state index contributed by atoms with van der Waals surface area (Å²) in [5.74, 6) is 0.272. The molecule has 0 radical (unpaired) electrons. The molecule has 4 heteroatoms. The van der Waals surface area contributed by atoms with Crippen molar-refractivity contribution >= 4 is 5.91 Å². The minimum absolute atomic E-state index is 0.394. The molecule has 0 spiro atoms. The van der Waals surface area contributed by atoms with E-state index in [0.717, 1.165) is 16.9 Å². The standard InChI is InChI=1S/C13H12N2O2/c1-17-12-4-2-3-9(6-12)10-5-11(13(14)16)8-15-7-10/h2-8H,1H3,(H2,14,16). The van der Waals surface area contributed by atoms with E-state index >= 15 is 0 Å². The molecular formula is C13H12N2O2. The van der Waals surface area contributed by atoms with E-state index in [-0.39, 0.29) is 0 Å². The molecule has 1 aromatic carbocycles. The molecule has 2 N–H and O–H groups in total. The smallest absolute Gasteiger partial charge is 0.250 e. The molecule has 0 aliphatic heterocycles. The molecule has 1 heterocycles. The fraction of sp³-hybridized carbons (Fsp3) is 0.0769. The van der Waals surface area contributed by atoms with Crippen molar-refractivity contribution in [2.75, 3.05) is 7.11 Å². The van der Waals surface area contributed by atoms with E-state index in [9.17, 15) is 4.79 Å². The maximum absolute atomic E-state index is 11.1. The highest BCUT2D eigenvalue weighted by molar-refractivity contribution is 5.93. The van der Waals surface area contributed by atoms with Crippen molar-refractivity contribution < 1.29 is 9.53 Å². The number of amides is 1. The summed E-state index contributed by atoms with van der Waals surface area (Å²) in [6.45, 7) is 0. The number of methoxy groups -OCH3 is 1. The predicted molar refractivity (Wildman–Crippen MR) is 64.7 cm³/mol. The van der Waals surface area contributed by atoms with Crippen LogP contribution in [0.3, 0.4) is 0 Å². The second kappa shape index (κ2) is 4.65. The van der Waals surface area contributed by atoms with Crippen molar-refractivity contribution in [2.45, 2.75) is 0 Å². The van der Waals surface area contributed by atoms with Crippen molar-refractivity contribution in [2.24, 2.45) is 5.73 Å². The number of pyridine rings is 1. The first-order valence-electron chi connectivity index (χ1n) is 5.10. The number of hydrogen-bond acceptors (Lipinski definition) is 3. The van der Waals surface area contributed by atoms with Gasteiger partial charge in [-0.25, -0.2) is 0 Å². The summed E-state index contributed by atoms with van der Waals surface area (Å²) in [4.78, 5) is 15.1. The maximum atomic E-state index is 11.1. The largest absolute Gasteiger partial charge is 0.497 e. The monoisotopic (exact) mass is 228 g/mol. The van der Waals surface area contributed by atoms with Crippen LogP contribution in [-0.4, -0.2) is 18.0 Å². The minimum atomic E-state index is -0.484. The lowest BCUT2D eigenvalue weighted by atomic mass is 10.1. The first-order valence-corrected chi connectivity index (χ1v) is 5.10. The van der Waals surface area contributed by atoms with E-state index in [1.165, 1.54) is 6.20 Å². The zero-order valence-corrected chi connectivity index (χ0v) is 9.38. The highest BCUT2D eigenvalue weighted by Gasteiger charge is 2.04. The van der Waals surface area contributed by atoms with Gasteiger partial charge in [0.05, 0.1) is 12.7 Å². The van der Waals surface area contributed by atoms with E-state index < -0.39 is 5.91 Å². The normalized spacial score (nSPS) is 9.94. The van der Waals surface area contributed by atoms with Gasteiger partial charge in [-0.05, 0) is 23.8 Å². The van der Waals surface area contributed by atoms with Crippen LogP contribution in [0.15, 0.2) is 42.7 Å². The van der Waals surface area contributed by atoms with Gasteiger partial charge >= 0.3 is 0 Å². The molecule has 0 unspecified atom stereocenters. The van der Waals surface area contributed by atoms with Crippen LogP contribution < -0.4 is 10.5 Å². The van der Waals surface area contributed by atoms with E-state index in [1.54, 1.807) is 19.4 Å². The maximum Gasteiger partial charge on any atom is 0.250 e. The Balaban J connectivity index is 2.45. The number of ether oxygens (including phenoxy) is 1. The third kappa shape index (κ3) is 2.42. The average Bonchev–Trinajstić information content (AvgIpc) is 2.39. The zero-order chi connectivity index (χ0) is 12.3. The highest BCUT2D eigenvalue weighted by Crippen LogP contribution is 2.23. The molecule has 2 aromatic rings. The fourth-order valence-electron chi connectivity index (χ4n) is 1.54. The molecule has 0 bridgehead atoms. The molecule has 17 heavy (non-hydrogen) atoms. The molecule has 1 amide bonds. The molecule has 0 saturated heterocycles. The molecule has 4 nitrogen and oxygen atoms in total. The molecule has 0 aliphatic rings. The van der Waals surface area contributed by atoms with E-state index in [2.05, 4.69) is 4.98 Å². The summed E-state index contributed by atoms with van der Waals surface area (Å²) in [5, 5.41) is 0. The molecule has 0 saturated carbocycles. The van der Waals surface area contributed by atoms with Gasteiger partial charge in [0, 0.05) is 18.0 Å². The molecule has 0 fully saturated rings. The van der Waals surface area contributed by atoms with Gasteiger partial charge in [-0.15, -0.1) is 0 Å². The summed E-state index contributed by atoms with van der Waals surface area (Å²) < 4.78 is 5.14. The van der Waals surface area contributed by atoms with Gasteiger partial charge in [0.2, 0.25) is 5.91 Å². The first-order chi connectivity index (χ1) is 8.20. The summed E-state index contributed by atoms with van der Waals surface area (Å²) in [5.41, 5.74) is 7.37. The average molecular weight is 228 g/mol. The van der Waals surface area contributed by atoms with Gasteiger partial charge in [0.25, 0.3) is 0 Å². The summed E-state index contributed by atoms with van der Waals surface area (Å²) in [6, 6.07) is 9.25. The number of hydrogen-bond donors (Lipinski definition) is 1. The summed E-state index contributed by atoms with van der Waals surface area (Å²) in [6.07, 6.45) is 3.13. The Hall–Kier alpha value is -2.36. The van der Waals surface area contributed by atoms with Crippen LogP contribution in [0.25, 0.3) is 11.1 Å². The van der Waals surface area contributed by atoms with E-state index in [4.69, 9.17) is 10.5 Å². The second-order valence-electron chi connectivity index (χ2n) is 3.56. The lowest BCUT2D eigenvalue weighted by Crippen LogP contribution is -2.11. The third-order valence-corrected chi connectivity index (χ3v) is 2.43. The van der Waals surface area contributed by atoms with Crippen molar-refractivity contribution in [3.05, 3.63) is 48.3 Å². The van der Waals surface area contributed by atoms with Crippen LogP contribution >= 0.6 is 0 Å². The van der Waals surface area contributed by atoms with Gasteiger partial charge in [0.1, 0.15) is 5.75 Å². The van der Waals surface area contributed by atoms with Gasteiger partial charge in [-0.3, -0.25) is 9.78 Å². The first kappa shape index (κ1) is 11.1. The van der Waals surface area contributed by atoms with Crippen LogP contribution in [0.4, 0.5) is 0 Å². The lowest BCUT2D eigenvalue weighted by molar-refractivity contribution is 0.1000. The lowest BCUT2D eigenvalue weighted by Gasteiger charge is -2.05. The molecule has 0 aliphatic carbocycles. The number of carbonyl (C=O) groups is 1. The SMILES string of the molecule is COc1cccc(-c2cncc(C(N)=O)c2)c1. The summed E-state index contributed by atoms with van der Waals surface area (Å²) >= 11 is 0. The minimum Gasteiger partial charge on any atom is -0.497 e. The number of benzene rings is 1. The molecule has 2 rings (SSSR count). The number of nitrogens with two attached hydrogens (primary N) is 1. The number of carbonyl (C=O) groups excluding carboxylic acids is 1. The second-order valence-corrected chi connectivity index (χ2v) is 3.56.